The van der Waals surface area contributed by atoms with Crippen molar-refractivity contribution < 1.29 is 4.48 Å². The molecule has 1 nitrogen and oxygen atoms in total. The molecule has 0 aromatic heterocycles. The minimum absolute atomic E-state index is 1.03. The van der Waals surface area contributed by atoms with Crippen LogP contribution in [0, 0.1) is 5.92 Å². The Morgan fingerprint density at radius 1 is 1.67 bits per heavy atom. The van der Waals surface area contributed by atoms with Gasteiger partial charge in [-0.1, -0.05) is 6.92 Å². The van der Waals surface area contributed by atoms with Gasteiger partial charge in [0.1, 0.15) is 0 Å². The number of hydrogen-bond donors (Lipinski definition) is 0. The van der Waals surface area contributed by atoms with Crippen LogP contribution in [0.15, 0.2) is 11.8 Å². The Bertz CT molecular complexity index is 219. The third kappa shape index (κ3) is 0.234. The summed E-state index contributed by atoms with van der Waals surface area (Å²) in [5, 5.41) is 0. The number of fused-ring (bicyclic) bond motifs is 1. The van der Waals surface area contributed by atoms with Crippen LogP contribution in [0.2, 0.25) is 0 Å². The zero-order valence-electron chi connectivity index (χ0n) is 5.96. The van der Waals surface area contributed by atoms with Gasteiger partial charge in [-0.2, -0.15) is 0 Å². The molecule has 0 radical (unpaired) electrons. The molecule has 9 heavy (non-hydrogen) atoms. The van der Waals surface area contributed by atoms with E-state index in [1.165, 1.54) is 11.0 Å². The first-order valence-corrected chi connectivity index (χ1v) is 3.86. The molecule has 3 saturated heterocycles. The summed E-state index contributed by atoms with van der Waals surface area (Å²) in [5.74, 6) is 1.04. The third-order valence-electron chi connectivity index (χ3n) is 3.45. The van der Waals surface area contributed by atoms with Gasteiger partial charge in [0.05, 0.1) is 12.5 Å². The van der Waals surface area contributed by atoms with E-state index < -0.39 is 0 Å². The Morgan fingerprint density at radius 3 is 2.78 bits per heavy atom. The SMILES string of the molecule is C/C=C1/C2C3C(C)C[N+]123. The number of piperidine rings is 1. The maximum absolute atomic E-state index is 2.38. The molecule has 3 aliphatic rings. The van der Waals surface area contributed by atoms with Crippen LogP contribution in [0.4, 0.5) is 0 Å². The fraction of sp³-hybridized carbons (Fsp3) is 0.750. The van der Waals surface area contributed by atoms with Gasteiger partial charge in [0.15, 0.2) is 11.7 Å². The number of quaternary nitrogens is 1. The predicted octanol–water partition coefficient (Wildman–Crippen LogP) is 1.12. The first-order valence-electron chi connectivity index (χ1n) is 3.86. The molecule has 3 heterocycles. The molecule has 4 atom stereocenters. The van der Waals surface area contributed by atoms with Crippen LogP contribution in [0.1, 0.15) is 13.8 Å². The molecular weight excluding hydrogens is 110 g/mol. The molecule has 0 amide bonds. The number of rotatable bonds is 0. The van der Waals surface area contributed by atoms with Gasteiger partial charge in [0.25, 0.3) is 0 Å². The lowest BCUT2D eigenvalue weighted by Crippen LogP contribution is -2.42. The molecule has 0 aromatic rings. The second kappa shape index (κ2) is 0.891. The number of hydrogen-bond acceptors (Lipinski definition) is 0. The maximum atomic E-state index is 2.38. The summed E-state index contributed by atoms with van der Waals surface area (Å²) >= 11 is 0. The Morgan fingerprint density at radius 2 is 2.44 bits per heavy atom. The normalized spacial score (nSPS) is 70.4. The van der Waals surface area contributed by atoms with E-state index in [-0.39, 0.29) is 0 Å². The van der Waals surface area contributed by atoms with Crippen molar-refractivity contribution in [2.75, 3.05) is 6.54 Å². The van der Waals surface area contributed by atoms with Crippen molar-refractivity contribution in [3.8, 4) is 0 Å². The van der Waals surface area contributed by atoms with Crippen LogP contribution in [0.3, 0.4) is 0 Å². The molecule has 3 rings (SSSR count). The fourth-order valence-electron chi connectivity index (χ4n) is 3.03. The lowest BCUT2D eigenvalue weighted by Gasteiger charge is -2.26. The molecular formula is C8H12N+. The van der Waals surface area contributed by atoms with Crippen LogP contribution >= 0.6 is 0 Å². The first kappa shape index (κ1) is 4.51. The second-order valence-corrected chi connectivity index (χ2v) is 3.74. The predicted molar refractivity (Wildman–Crippen MR) is 35.6 cm³/mol. The van der Waals surface area contributed by atoms with Crippen LogP contribution in [0.5, 0.6) is 0 Å². The molecule has 1 spiro atoms. The highest BCUT2D eigenvalue weighted by molar-refractivity contribution is 5.35. The van der Waals surface area contributed by atoms with E-state index in [1.54, 1.807) is 5.70 Å². The van der Waals surface area contributed by atoms with E-state index >= 15 is 0 Å². The largest absolute Gasteiger partial charge is 0.265 e. The monoisotopic (exact) mass is 122 g/mol. The smallest absolute Gasteiger partial charge is 0.221 e. The van der Waals surface area contributed by atoms with Crippen LogP contribution in [-0.4, -0.2) is 23.1 Å². The van der Waals surface area contributed by atoms with E-state index in [0.717, 1.165) is 18.0 Å². The summed E-state index contributed by atoms with van der Waals surface area (Å²) in [6.07, 6.45) is 2.31. The molecule has 3 aliphatic heterocycles. The Labute approximate surface area is 55.6 Å². The summed E-state index contributed by atoms with van der Waals surface area (Å²) in [4.78, 5) is 0. The van der Waals surface area contributed by atoms with E-state index in [4.69, 9.17) is 0 Å². The molecule has 0 bridgehead atoms. The molecule has 0 aliphatic carbocycles. The highest BCUT2D eigenvalue weighted by atomic mass is 15.7. The van der Waals surface area contributed by atoms with Gasteiger partial charge in [-0.15, -0.1) is 0 Å². The topological polar surface area (TPSA) is 0 Å². The molecule has 0 N–H and O–H groups in total. The van der Waals surface area contributed by atoms with Gasteiger partial charge in [0, 0.05) is 0 Å². The molecule has 0 saturated carbocycles. The first-order chi connectivity index (χ1) is 4.32. The van der Waals surface area contributed by atoms with Crippen molar-refractivity contribution in [1.82, 2.24) is 0 Å². The van der Waals surface area contributed by atoms with E-state index in [0.29, 0.717) is 0 Å². The Hall–Kier alpha value is -0.300. The van der Waals surface area contributed by atoms with Gasteiger partial charge in [-0.25, -0.2) is 0 Å². The van der Waals surface area contributed by atoms with Crippen LogP contribution < -0.4 is 0 Å². The lowest BCUT2D eigenvalue weighted by atomic mass is 9.94. The standard InChI is InChI=1S/C8H12N/c1-3-6-8-7-5(2)4-9(6,7)8/h3,5,7-8H,4H2,1-2H3/q+1/b6-3-. The van der Waals surface area contributed by atoms with E-state index in [2.05, 4.69) is 19.9 Å². The minimum atomic E-state index is 1.03. The van der Waals surface area contributed by atoms with Crippen molar-refractivity contribution in [3.05, 3.63) is 11.8 Å². The molecule has 48 valence electrons. The van der Waals surface area contributed by atoms with E-state index in [1.807, 2.05) is 0 Å². The highest BCUT2D eigenvalue weighted by Gasteiger charge is 2.95. The summed E-state index contributed by atoms with van der Waals surface area (Å²) in [6.45, 7) is 6.01. The zero-order valence-corrected chi connectivity index (χ0v) is 5.96. The van der Waals surface area contributed by atoms with Crippen molar-refractivity contribution in [2.24, 2.45) is 5.92 Å². The fourth-order valence-corrected chi connectivity index (χ4v) is 3.03. The van der Waals surface area contributed by atoms with E-state index in [9.17, 15) is 0 Å². The van der Waals surface area contributed by atoms with Gasteiger partial charge < -0.3 is 0 Å². The number of nitrogens with zero attached hydrogens (tertiary/aromatic N) is 1. The Kier molecular flexibility index (Phi) is 0.446. The van der Waals surface area contributed by atoms with Crippen LogP contribution in [-0.2, 0) is 0 Å². The maximum Gasteiger partial charge on any atom is 0.221 e. The average Bonchev–Trinajstić information content (AvgIpc) is 2.54. The summed E-state index contributed by atoms with van der Waals surface area (Å²) < 4.78 is 1.44. The quantitative estimate of drug-likeness (QED) is 0.333. The van der Waals surface area contributed by atoms with Gasteiger partial charge in [-0.3, -0.25) is 4.48 Å². The van der Waals surface area contributed by atoms with Gasteiger partial charge >= 0.3 is 0 Å². The summed E-state index contributed by atoms with van der Waals surface area (Å²) in [5.41, 5.74) is 1.73. The van der Waals surface area contributed by atoms with Crippen molar-refractivity contribution >= 4 is 0 Å². The van der Waals surface area contributed by atoms with Gasteiger partial charge in [-0.05, 0) is 13.0 Å². The minimum Gasteiger partial charge on any atom is -0.265 e. The second-order valence-electron chi connectivity index (χ2n) is 3.74. The summed E-state index contributed by atoms with van der Waals surface area (Å²) in [7, 11) is 0. The van der Waals surface area contributed by atoms with Crippen LogP contribution in [0.25, 0.3) is 0 Å². The van der Waals surface area contributed by atoms with Gasteiger partial charge in [0.2, 0.25) is 6.04 Å². The Balaban J connectivity index is 1.93. The van der Waals surface area contributed by atoms with Crippen molar-refractivity contribution in [1.29, 1.82) is 0 Å². The van der Waals surface area contributed by atoms with Crippen molar-refractivity contribution in [2.45, 2.75) is 25.9 Å². The zero-order chi connectivity index (χ0) is 6.22. The highest BCUT2D eigenvalue weighted by Crippen LogP contribution is 2.75. The molecule has 3 fully saturated rings. The lowest BCUT2D eigenvalue weighted by molar-refractivity contribution is -0.750. The van der Waals surface area contributed by atoms with Crippen molar-refractivity contribution in [3.63, 3.8) is 0 Å². The molecule has 4 unspecified atom stereocenters. The third-order valence-corrected chi connectivity index (χ3v) is 3.45. The summed E-state index contributed by atoms with van der Waals surface area (Å²) in [6, 6.07) is 2.13. The average molecular weight is 122 g/mol. The molecule has 1 heteroatoms. The number of allylic oxidation sites excluding steroid dienone is 1. The molecule has 0 aromatic carbocycles.